The Kier molecular flexibility index (Phi) is 11.3. The lowest BCUT2D eigenvalue weighted by molar-refractivity contribution is -0.140. The largest absolute Gasteiger partial charge is 0.352 e. The highest BCUT2D eigenvalue weighted by Gasteiger charge is 2.35. The number of nitrogens with one attached hydrogen (secondary N) is 1. The van der Waals surface area contributed by atoms with Crippen molar-refractivity contribution in [2.24, 2.45) is 0 Å². The normalized spacial score (nSPS) is 14.3. The van der Waals surface area contributed by atoms with E-state index in [2.05, 4.69) is 21.2 Å². The van der Waals surface area contributed by atoms with Gasteiger partial charge in [0.25, 0.3) is 10.0 Å². The molecule has 0 aromatic heterocycles. The number of carbonyl (C=O) groups is 2. The maximum atomic E-state index is 14.6. The van der Waals surface area contributed by atoms with Crippen molar-refractivity contribution in [3.8, 4) is 0 Å². The topological polar surface area (TPSA) is 86.8 Å². The van der Waals surface area contributed by atoms with Gasteiger partial charge in [-0.25, -0.2) is 8.42 Å². The number of hydrogen-bond donors (Lipinski definition) is 1. The van der Waals surface area contributed by atoms with E-state index < -0.39 is 28.5 Å². The van der Waals surface area contributed by atoms with Crippen LogP contribution in [0.2, 0.25) is 0 Å². The number of benzene rings is 4. The van der Waals surface area contributed by atoms with Crippen molar-refractivity contribution >= 4 is 43.5 Å². The molecule has 1 aliphatic carbocycles. The van der Waals surface area contributed by atoms with E-state index >= 15 is 0 Å². The first-order valence-corrected chi connectivity index (χ1v) is 18.0. The van der Waals surface area contributed by atoms with E-state index in [9.17, 15) is 18.0 Å². The van der Waals surface area contributed by atoms with Crippen LogP contribution in [-0.4, -0.2) is 43.8 Å². The molecule has 7 nitrogen and oxygen atoms in total. The SMILES string of the molecule is Cc1cccc(N(CC(=O)N(Cc2ccc(Br)cc2)[C@H](Cc2ccccc2)C(=O)NC2CCCCC2)S(=O)(=O)c2ccccc2)c1. The summed E-state index contributed by atoms with van der Waals surface area (Å²) in [6.07, 6.45) is 5.36. The van der Waals surface area contributed by atoms with Crippen LogP contribution < -0.4 is 9.62 Å². The molecule has 0 bridgehead atoms. The lowest BCUT2D eigenvalue weighted by Gasteiger charge is -2.35. The number of sulfonamides is 1. The van der Waals surface area contributed by atoms with Crippen LogP contribution in [0.15, 0.2) is 119 Å². The first kappa shape index (κ1) is 33.4. The van der Waals surface area contributed by atoms with Gasteiger partial charge in [0.2, 0.25) is 11.8 Å². The number of amides is 2. The zero-order chi connectivity index (χ0) is 32.5. The summed E-state index contributed by atoms with van der Waals surface area (Å²) < 4.78 is 30.3. The van der Waals surface area contributed by atoms with Gasteiger partial charge < -0.3 is 10.2 Å². The van der Waals surface area contributed by atoms with Crippen LogP contribution in [0.1, 0.15) is 48.8 Å². The van der Waals surface area contributed by atoms with Gasteiger partial charge in [-0.2, -0.15) is 0 Å². The Morgan fingerprint density at radius 3 is 2.13 bits per heavy atom. The fourth-order valence-electron chi connectivity index (χ4n) is 5.92. The van der Waals surface area contributed by atoms with E-state index in [1.807, 2.05) is 67.6 Å². The van der Waals surface area contributed by atoms with Crippen molar-refractivity contribution in [1.82, 2.24) is 10.2 Å². The van der Waals surface area contributed by atoms with Crippen LogP contribution in [0.25, 0.3) is 0 Å². The average Bonchev–Trinajstić information content (AvgIpc) is 3.07. The van der Waals surface area contributed by atoms with Crippen molar-refractivity contribution in [2.45, 2.75) is 69.0 Å². The summed E-state index contributed by atoms with van der Waals surface area (Å²) >= 11 is 3.48. The van der Waals surface area contributed by atoms with Crippen LogP contribution in [-0.2, 0) is 32.6 Å². The number of rotatable bonds is 12. The lowest BCUT2D eigenvalue weighted by Crippen LogP contribution is -2.55. The number of nitrogens with zero attached hydrogens (tertiary/aromatic N) is 2. The molecule has 4 aromatic rings. The predicted octanol–water partition coefficient (Wildman–Crippen LogP) is 7.04. The summed E-state index contributed by atoms with van der Waals surface area (Å²) in [6.45, 7) is 1.54. The van der Waals surface area contributed by atoms with Crippen molar-refractivity contribution < 1.29 is 18.0 Å². The van der Waals surface area contributed by atoms with Crippen molar-refractivity contribution in [3.63, 3.8) is 0 Å². The van der Waals surface area contributed by atoms with Gasteiger partial charge in [0.1, 0.15) is 12.6 Å². The van der Waals surface area contributed by atoms with Gasteiger partial charge in [0.15, 0.2) is 0 Å². The molecule has 1 atom stereocenters. The van der Waals surface area contributed by atoms with Gasteiger partial charge in [-0.3, -0.25) is 13.9 Å². The summed E-state index contributed by atoms with van der Waals surface area (Å²) in [4.78, 5) is 30.4. The molecule has 46 heavy (non-hydrogen) atoms. The smallest absolute Gasteiger partial charge is 0.264 e. The van der Waals surface area contributed by atoms with Gasteiger partial charge >= 0.3 is 0 Å². The summed E-state index contributed by atoms with van der Waals surface area (Å²) in [5, 5.41) is 3.25. The Morgan fingerprint density at radius 1 is 0.826 bits per heavy atom. The van der Waals surface area contributed by atoms with Crippen LogP contribution in [0.4, 0.5) is 5.69 Å². The second-order valence-electron chi connectivity index (χ2n) is 11.9. The van der Waals surface area contributed by atoms with E-state index in [0.717, 1.165) is 57.6 Å². The summed E-state index contributed by atoms with van der Waals surface area (Å²) in [7, 11) is -4.13. The minimum atomic E-state index is -4.13. The minimum absolute atomic E-state index is 0.0476. The lowest BCUT2D eigenvalue weighted by atomic mass is 9.94. The first-order valence-electron chi connectivity index (χ1n) is 15.7. The molecular weight excluding hydrogens is 662 g/mol. The van der Waals surface area contributed by atoms with Crippen LogP contribution >= 0.6 is 15.9 Å². The molecule has 9 heteroatoms. The van der Waals surface area contributed by atoms with Crippen molar-refractivity contribution in [2.75, 3.05) is 10.8 Å². The van der Waals surface area contributed by atoms with Gasteiger partial charge in [0.05, 0.1) is 10.6 Å². The van der Waals surface area contributed by atoms with E-state index in [4.69, 9.17) is 0 Å². The molecule has 4 aromatic carbocycles. The first-order chi connectivity index (χ1) is 22.2. The Hall–Kier alpha value is -3.95. The highest BCUT2D eigenvalue weighted by molar-refractivity contribution is 9.10. The highest BCUT2D eigenvalue weighted by Crippen LogP contribution is 2.26. The molecule has 0 aliphatic heterocycles. The molecule has 0 heterocycles. The summed E-state index contributed by atoms with van der Waals surface area (Å²) in [5.41, 5.74) is 2.98. The molecule has 1 saturated carbocycles. The van der Waals surface area contributed by atoms with Crippen molar-refractivity contribution in [3.05, 3.63) is 130 Å². The second-order valence-corrected chi connectivity index (χ2v) is 14.6. The van der Waals surface area contributed by atoms with Gasteiger partial charge in [-0.05, 0) is 72.9 Å². The Labute approximate surface area is 280 Å². The Morgan fingerprint density at radius 2 is 1.48 bits per heavy atom. The maximum Gasteiger partial charge on any atom is 0.264 e. The average molecular weight is 703 g/mol. The zero-order valence-corrected chi connectivity index (χ0v) is 28.4. The number of halogens is 1. The van der Waals surface area contributed by atoms with Gasteiger partial charge in [0, 0.05) is 23.5 Å². The second kappa shape index (κ2) is 15.6. The van der Waals surface area contributed by atoms with E-state index in [-0.39, 0.29) is 29.8 Å². The van der Waals surface area contributed by atoms with E-state index in [1.54, 1.807) is 41.3 Å². The van der Waals surface area contributed by atoms with Crippen LogP contribution in [0, 0.1) is 6.92 Å². The fourth-order valence-corrected chi connectivity index (χ4v) is 7.61. The predicted molar refractivity (Wildman–Crippen MR) is 186 cm³/mol. The molecule has 1 N–H and O–H groups in total. The molecule has 1 fully saturated rings. The van der Waals surface area contributed by atoms with Crippen LogP contribution in [0.5, 0.6) is 0 Å². The molecule has 0 spiro atoms. The zero-order valence-electron chi connectivity index (χ0n) is 26.0. The number of anilines is 1. The van der Waals surface area contributed by atoms with Gasteiger partial charge in [-0.15, -0.1) is 0 Å². The molecule has 2 amide bonds. The number of hydrogen-bond acceptors (Lipinski definition) is 4. The fraction of sp³-hybridized carbons (Fsp3) is 0.297. The Bertz CT molecular complexity index is 1710. The van der Waals surface area contributed by atoms with Gasteiger partial charge in [-0.1, -0.05) is 108 Å². The quantitative estimate of drug-likeness (QED) is 0.172. The molecule has 0 unspecified atom stereocenters. The monoisotopic (exact) mass is 701 g/mol. The number of aryl methyl sites for hydroxylation is 1. The molecule has 0 radical (unpaired) electrons. The Balaban J connectivity index is 1.55. The minimum Gasteiger partial charge on any atom is -0.352 e. The highest BCUT2D eigenvalue weighted by atomic mass is 79.9. The molecule has 0 saturated heterocycles. The van der Waals surface area contributed by atoms with Crippen molar-refractivity contribution in [1.29, 1.82) is 0 Å². The molecule has 1 aliphatic rings. The van der Waals surface area contributed by atoms with E-state index in [0.29, 0.717) is 5.69 Å². The third kappa shape index (κ3) is 8.65. The third-order valence-electron chi connectivity index (χ3n) is 8.39. The third-order valence-corrected chi connectivity index (χ3v) is 10.7. The molecule has 240 valence electrons. The molecule has 5 rings (SSSR count). The van der Waals surface area contributed by atoms with Crippen LogP contribution in [0.3, 0.4) is 0 Å². The van der Waals surface area contributed by atoms with E-state index in [1.165, 1.54) is 12.1 Å². The summed E-state index contributed by atoms with van der Waals surface area (Å²) in [5.74, 6) is -0.696. The molecular formula is C37H40BrN3O4S. The maximum absolute atomic E-state index is 14.6. The summed E-state index contributed by atoms with van der Waals surface area (Å²) in [6, 6.07) is 31.6. The standard InChI is InChI=1S/C37H40BrN3O4S/c1-28-12-11-17-33(24-28)41(46(44,45)34-18-9-4-10-19-34)27-36(42)40(26-30-20-22-31(38)23-21-30)35(25-29-13-5-2-6-14-29)37(43)39-32-15-7-3-8-16-32/h2,4-6,9-14,17-24,32,35H,3,7-8,15-16,25-27H2,1H3,(H,39,43)/t35-/m1/s1. The number of carbonyl (C=O) groups excluding carboxylic acids is 2.